The number of benzene rings is 1. The van der Waals surface area contributed by atoms with E-state index in [0.29, 0.717) is 5.65 Å². The zero-order chi connectivity index (χ0) is 19.0. The maximum Gasteiger partial charge on any atom is 0.284 e. The van der Waals surface area contributed by atoms with Crippen molar-refractivity contribution in [3.05, 3.63) is 46.0 Å². The zero-order valence-electron chi connectivity index (χ0n) is 15.5. The van der Waals surface area contributed by atoms with Crippen LogP contribution in [0, 0.1) is 13.8 Å². The van der Waals surface area contributed by atoms with Gasteiger partial charge in [0.15, 0.2) is 11.2 Å². The van der Waals surface area contributed by atoms with Gasteiger partial charge >= 0.3 is 0 Å². The smallest absolute Gasteiger partial charge is 0.284 e. The first kappa shape index (κ1) is 17.4. The normalized spacial score (nSPS) is 14.7. The molecule has 0 saturated heterocycles. The monoisotopic (exact) mass is 366 g/mol. The van der Waals surface area contributed by atoms with E-state index in [0.717, 1.165) is 36.9 Å². The molecule has 8 heteroatoms. The van der Waals surface area contributed by atoms with Crippen LogP contribution in [0.3, 0.4) is 0 Å². The molecule has 1 N–H and O–H groups in total. The van der Waals surface area contributed by atoms with Crippen molar-refractivity contribution in [2.75, 3.05) is 0 Å². The number of fused-ring (bicyclic) bond motifs is 1. The fourth-order valence-electron chi connectivity index (χ4n) is 3.49. The van der Waals surface area contributed by atoms with Crippen molar-refractivity contribution in [1.82, 2.24) is 29.9 Å². The van der Waals surface area contributed by atoms with Crippen LogP contribution < -0.4 is 10.9 Å². The number of nitrogens with zero attached hydrogens (tertiary/aromatic N) is 5. The molecule has 1 amide bonds. The maximum absolute atomic E-state index is 12.7. The lowest BCUT2D eigenvalue weighted by Crippen LogP contribution is -2.37. The number of hydrogen-bond acceptors (Lipinski definition) is 5. The van der Waals surface area contributed by atoms with Crippen LogP contribution in [0.2, 0.25) is 0 Å². The van der Waals surface area contributed by atoms with Gasteiger partial charge in [0.2, 0.25) is 5.91 Å². The molecule has 2 heterocycles. The van der Waals surface area contributed by atoms with Crippen molar-refractivity contribution in [2.24, 2.45) is 0 Å². The molecule has 0 unspecified atom stereocenters. The van der Waals surface area contributed by atoms with E-state index in [1.54, 1.807) is 4.68 Å². The van der Waals surface area contributed by atoms with Crippen molar-refractivity contribution in [1.29, 1.82) is 0 Å². The van der Waals surface area contributed by atoms with Crippen molar-refractivity contribution in [3.8, 4) is 5.69 Å². The predicted octanol–water partition coefficient (Wildman–Crippen LogP) is 1.65. The van der Waals surface area contributed by atoms with E-state index in [-0.39, 0.29) is 29.6 Å². The van der Waals surface area contributed by atoms with Crippen LogP contribution in [0.15, 0.2) is 29.3 Å². The Morgan fingerprint density at radius 2 is 2.00 bits per heavy atom. The number of aryl methyl sites for hydroxylation is 2. The van der Waals surface area contributed by atoms with Gasteiger partial charge in [-0.3, -0.25) is 14.2 Å². The first-order valence-electron chi connectivity index (χ1n) is 9.21. The standard InChI is InChI=1S/C19H22N6O2/c1-12-7-8-15(9-13(12)2)25-18-17(22-23-25)19(27)24(11-20-18)10-16(26)21-14-5-3-4-6-14/h7-9,11,14H,3-6,10H2,1-2H3,(H,21,26). The molecule has 1 fully saturated rings. The molecule has 1 saturated carbocycles. The molecule has 2 aromatic heterocycles. The number of carbonyl (C=O) groups excluding carboxylic acids is 1. The minimum Gasteiger partial charge on any atom is -0.352 e. The molecule has 0 aliphatic heterocycles. The number of carbonyl (C=O) groups is 1. The molecule has 140 valence electrons. The molecule has 0 radical (unpaired) electrons. The highest BCUT2D eigenvalue weighted by molar-refractivity contribution is 5.77. The van der Waals surface area contributed by atoms with Crippen LogP contribution in [0.1, 0.15) is 36.8 Å². The average molecular weight is 366 g/mol. The lowest BCUT2D eigenvalue weighted by atomic mass is 10.1. The van der Waals surface area contributed by atoms with Gasteiger partial charge < -0.3 is 5.32 Å². The molecule has 0 spiro atoms. The molecule has 8 nitrogen and oxygen atoms in total. The quantitative estimate of drug-likeness (QED) is 0.758. The Balaban J connectivity index is 1.62. The molecule has 0 bridgehead atoms. The second-order valence-electron chi connectivity index (χ2n) is 7.17. The summed E-state index contributed by atoms with van der Waals surface area (Å²) in [6.45, 7) is 3.99. The van der Waals surface area contributed by atoms with Crippen molar-refractivity contribution < 1.29 is 4.79 Å². The molecule has 4 rings (SSSR count). The summed E-state index contributed by atoms with van der Waals surface area (Å²) in [4.78, 5) is 29.2. The first-order chi connectivity index (χ1) is 13.0. The van der Waals surface area contributed by atoms with E-state index in [1.807, 2.05) is 32.0 Å². The summed E-state index contributed by atoms with van der Waals surface area (Å²) in [6, 6.07) is 6.10. The minimum atomic E-state index is -0.364. The van der Waals surface area contributed by atoms with Gasteiger partial charge in [0.1, 0.15) is 12.9 Å². The summed E-state index contributed by atoms with van der Waals surface area (Å²) in [5.74, 6) is -0.174. The summed E-state index contributed by atoms with van der Waals surface area (Å²) in [6.07, 6.45) is 5.67. The molecule has 1 aromatic carbocycles. The van der Waals surface area contributed by atoms with Gasteiger partial charge in [-0.2, -0.15) is 4.68 Å². The van der Waals surface area contributed by atoms with Gasteiger partial charge in [-0.1, -0.05) is 24.1 Å². The summed E-state index contributed by atoms with van der Waals surface area (Å²) >= 11 is 0. The third kappa shape index (κ3) is 3.34. The van der Waals surface area contributed by atoms with Gasteiger partial charge in [-0.05, 0) is 49.9 Å². The zero-order valence-corrected chi connectivity index (χ0v) is 15.5. The SMILES string of the molecule is Cc1ccc(-n2nnc3c(=O)n(CC(=O)NC4CCCC4)cnc32)cc1C. The Bertz CT molecular complexity index is 1060. The fourth-order valence-corrected chi connectivity index (χ4v) is 3.49. The fraction of sp³-hybridized carbons (Fsp3) is 0.421. The van der Waals surface area contributed by atoms with Crippen LogP contribution in [0.5, 0.6) is 0 Å². The molecular weight excluding hydrogens is 344 g/mol. The van der Waals surface area contributed by atoms with Gasteiger partial charge in [-0.25, -0.2) is 4.98 Å². The maximum atomic E-state index is 12.7. The predicted molar refractivity (Wildman–Crippen MR) is 101 cm³/mol. The third-order valence-corrected chi connectivity index (χ3v) is 5.20. The number of hydrogen-bond donors (Lipinski definition) is 1. The van der Waals surface area contributed by atoms with E-state index in [1.165, 1.54) is 16.5 Å². The Labute approximate surface area is 156 Å². The van der Waals surface area contributed by atoms with Crippen LogP contribution >= 0.6 is 0 Å². The highest BCUT2D eigenvalue weighted by Crippen LogP contribution is 2.18. The summed E-state index contributed by atoms with van der Waals surface area (Å²) in [7, 11) is 0. The molecule has 27 heavy (non-hydrogen) atoms. The van der Waals surface area contributed by atoms with E-state index < -0.39 is 0 Å². The summed E-state index contributed by atoms with van der Waals surface area (Å²) < 4.78 is 2.83. The van der Waals surface area contributed by atoms with E-state index in [4.69, 9.17) is 0 Å². The minimum absolute atomic E-state index is 0.0607. The van der Waals surface area contributed by atoms with Crippen molar-refractivity contribution in [2.45, 2.75) is 52.1 Å². The Morgan fingerprint density at radius 1 is 1.22 bits per heavy atom. The summed E-state index contributed by atoms with van der Waals surface area (Å²) in [5.41, 5.74) is 3.26. The Morgan fingerprint density at radius 3 is 2.74 bits per heavy atom. The molecule has 3 aromatic rings. The van der Waals surface area contributed by atoms with Crippen LogP contribution in [0.4, 0.5) is 0 Å². The largest absolute Gasteiger partial charge is 0.352 e. The number of rotatable bonds is 4. The van der Waals surface area contributed by atoms with Crippen LogP contribution in [0.25, 0.3) is 16.9 Å². The molecule has 1 aliphatic rings. The topological polar surface area (TPSA) is 94.7 Å². The van der Waals surface area contributed by atoms with Crippen molar-refractivity contribution in [3.63, 3.8) is 0 Å². The second kappa shape index (κ2) is 6.94. The third-order valence-electron chi connectivity index (χ3n) is 5.20. The molecule has 1 aliphatic carbocycles. The number of nitrogens with one attached hydrogen (secondary N) is 1. The second-order valence-corrected chi connectivity index (χ2v) is 7.17. The van der Waals surface area contributed by atoms with Gasteiger partial charge in [0, 0.05) is 6.04 Å². The Kier molecular flexibility index (Phi) is 4.47. The Hall–Kier alpha value is -3.03. The number of amides is 1. The number of aromatic nitrogens is 5. The molecule has 0 atom stereocenters. The lowest BCUT2D eigenvalue weighted by molar-refractivity contribution is -0.122. The van der Waals surface area contributed by atoms with Gasteiger partial charge in [-0.15, -0.1) is 5.10 Å². The van der Waals surface area contributed by atoms with E-state index in [2.05, 4.69) is 20.6 Å². The van der Waals surface area contributed by atoms with Gasteiger partial charge in [0.05, 0.1) is 5.69 Å². The highest BCUT2D eigenvalue weighted by Gasteiger charge is 2.19. The van der Waals surface area contributed by atoms with Crippen molar-refractivity contribution >= 4 is 17.1 Å². The first-order valence-corrected chi connectivity index (χ1v) is 9.21. The summed E-state index contributed by atoms with van der Waals surface area (Å²) in [5, 5.41) is 11.1. The highest BCUT2D eigenvalue weighted by atomic mass is 16.2. The van der Waals surface area contributed by atoms with Crippen LogP contribution in [-0.4, -0.2) is 36.5 Å². The lowest BCUT2D eigenvalue weighted by Gasteiger charge is -2.12. The van der Waals surface area contributed by atoms with E-state index >= 15 is 0 Å². The average Bonchev–Trinajstić information content (AvgIpc) is 3.30. The van der Waals surface area contributed by atoms with Gasteiger partial charge in [0.25, 0.3) is 5.56 Å². The van der Waals surface area contributed by atoms with E-state index in [9.17, 15) is 9.59 Å². The van der Waals surface area contributed by atoms with Crippen LogP contribution in [-0.2, 0) is 11.3 Å². The molecular formula is C19H22N6O2.